The second kappa shape index (κ2) is 5.65. The van der Waals surface area contributed by atoms with Crippen molar-refractivity contribution in [3.05, 3.63) is 24.2 Å². The highest BCUT2D eigenvalue weighted by Gasteiger charge is 2.43. The Kier molecular flexibility index (Phi) is 3.91. The number of ether oxygens (including phenoxy) is 1. The van der Waals surface area contributed by atoms with Crippen LogP contribution >= 0.6 is 0 Å². The summed E-state index contributed by atoms with van der Waals surface area (Å²) in [6.45, 7) is 3.31. The first-order valence-electron chi connectivity index (χ1n) is 7.41. The quantitative estimate of drug-likeness (QED) is 0.885. The van der Waals surface area contributed by atoms with Crippen LogP contribution in [0.3, 0.4) is 0 Å². The van der Waals surface area contributed by atoms with Gasteiger partial charge in [0.15, 0.2) is 0 Å². The molecule has 0 aromatic carbocycles. The molecule has 1 saturated heterocycles. The zero-order chi connectivity index (χ0) is 13.1. The molecule has 2 heterocycles. The molecule has 0 amide bonds. The minimum absolute atomic E-state index is 0.102. The molecule has 1 unspecified atom stereocenters. The summed E-state index contributed by atoms with van der Waals surface area (Å²) < 4.78 is 11.2. The lowest BCUT2D eigenvalue weighted by atomic mass is 9.88. The summed E-state index contributed by atoms with van der Waals surface area (Å²) in [5.41, 5.74) is 6.28. The Hall–Kier alpha value is -0.840. The predicted molar refractivity (Wildman–Crippen MR) is 73.7 cm³/mol. The van der Waals surface area contributed by atoms with E-state index in [0.29, 0.717) is 12.6 Å². The van der Waals surface area contributed by atoms with Crippen molar-refractivity contribution in [2.45, 2.75) is 50.2 Å². The molecule has 19 heavy (non-hydrogen) atoms. The first-order valence-corrected chi connectivity index (χ1v) is 7.41. The van der Waals surface area contributed by atoms with E-state index in [-0.39, 0.29) is 5.54 Å². The fourth-order valence-electron chi connectivity index (χ4n) is 3.24. The molecule has 1 saturated carbocycles. The van der Waals surface area contributed by atoms with Crippen LogP contribution in [0.15, 0.2) is 22.8 Å². The molecule has 2 N–H and O–H groups in total. The van der Waals surface area contributed by atoms with Crippen molar-refractivity contribution in [1.29, 1.82) is 0 Å². The number of furan rings is 1. The Labute approximate surface area is 114 Å². The first-order chi connectivity index (χ1) is 9.34. The van der Waals surface area contributed by atoms with Crippen LogP contribution in [-0.2, 0) is 11.3 Å². The third-order valence-corrected chi connectivity index (χ3v) is 4.53. The third kappa shape index (κ3) is 2.86. The summed E-state index contributed by atoms with van der Waals surface area (Å²) in [4.78, 5) is 2.60. The SMILES string of the molecule is NCC1(N(Cc2ccco2)C2CC2)CCCOCC1. The average Bonchev–Trinajstić information content (AvgIpc) is 3.20. The van der Waals surface area contributed by atoms with E-state index < -0.39 is 0 Å². The van der Waals surface area contributed by atoms with Crippen LogP contribution in [0.5, 0.6) is 0 Å². The monoisotopic (exact) mass is 264 g/mol. The molecular formula is C15H24N2O2. The van der Waals surface area contributed by atoms with E-state index in [2.05, 4.69) is 11.0 Å². The molecule has 3 rings (SSSR count). The van der Waals surface area contributed by atoms with E-state index in [1.807, 2.05) is 6.07 Å². The molecule has 1 aromatic rings. The fraction of sp³-hybridized carbons (Fsp3) is 0.733. The van der Waals surface area contributed by atoms with Gasteiger partial charge in [-0.15, -0.1) is 0 Å². The van der Waals surface area contributed by atoms with Crippen LogP contribution in [0, 0.1) is 0 Å². The van der Waals surface area contributed by atoms with Crippen molar-refractivity contribution < 1.29 is 9.15 Å². The van der Waals surface area contributed by atoms with Gasteiger partial charge in [0.1, 0.15) is 5.76 Å². The first kappa shape index (κ1) is 13.2. The van der Waals surface area contributed by atoms with E-state index >= 15 is 0 Å². The van der Waals surface area contributed by atoms with Crippen molar-refractivity contribution in [2.75, 3.05) is 19.8 Å². The fourth-order valence-corrected chi connectivity index (χ4v) is 3.24. The zero-order valence-corrected chi connectivity index (χ0v) is 11.5. The lowest BCUT2D eigenvalue weighted by molar-refractivity contribution is 0.0469. The Morgan fingerprint density at radius 3 is 2.89 bits per heavy atom. The predicted octanol–water partition coefficient (Wildman–Crippen LogP) is 2.14. The van der Waals surface area contributed by atoms with Gasteiger partial charge in [0, 0.05) is 31.3 Å². The van der Waals surface area contributed by atoms with Crippen molar-refractivity contribution in [2.24, 2.45) is 5.73 Å². The zero-order valence-electron chi connectivity index (χ0n) is 11.5. The van der Waals surface area contributed by atoms with Gasteiger partial charge in [-0.3, -0.25) is 4.90 Å². The minimum Gasteiger partial charge on any atom is -0.468 e. The van der Waals surface area contributed by atoms with Crippen LogP contribution in [0.25, 0.3) is 0 Å². The molecule has 1 atom stereocenters. The number of hydrogen-bond donors (Lipinski definition) is 1. The Morgan fingerprint density at radius 2 is 2.21 bits per heavy atom. The van der Waals surface area contributed by atoms with Crippen LogP contribution in [0.2, 0.25) is 0 Å². The normalized spacial score (nSPS) is 28.5. The molecule has 0 radical (unpaired) electrons. The smallest absolute Gasteiger partial charge is 0.117 e. The Bertz CT molecular complexity index is 379. The van der Waals surface area contributed by atoms with Gasteiger partial charge in [-0.05, 0) is 44.2 Å². The molecule has 2 aliphatic rings. The Balaban J connectivity index is 1.79. The molecular weight excluding hydrogens is 240 g/mol. The van der Waals surface area contributed by atoms with Gasteiger partial charge in [0.05, 0.1) is 12.8 Å². The van der Waals surface area contributed by atoms with Crippen LogP contribution < -0.4 is 5.73 Å². The number of nitrogens with two attached hydrogens (primary N) is 1. The molecule has 1 aliphatic heterocycles. The van der Waals surface area contributed by atoms with Crippen LogP contribution in [-0.4, -0.2) is 36.2 Å². The maximum Gasteiger partial charge on any atom is 0.117 e. The van der Waals surface area contributed by atoms with E-state index in [9.17, 15) is 0 Å². The maximum atomic E-state index is 6.18. The van der Waals surface area contributed by atoms with Crippen molar-refractivity contribution in [1.82, 2.24) is 4.90 Å². The topological polar surface area (TPSA) is 51.6 Å². The van der Waals surface area contributed by atoms with Crippen LogP contribution in [0.1, 0.15) is 37.9 Å². The van der Waals surface area contributed by atoms with Crippen molar-refractivity contribution in [3.63, 3.8) is 0 Å². The van der Waals surface area contributed by atoms with Gasteiger partial charge in [-0.1, -0.05) is 0 Å². The molecule has 1 aliphatic carbocycles. The minimum atomic E-state index is 0.102. The third-order valence-electron chi connectivity index (χ3n) is 4.53. The van der Waals surface area contributed by atoms with Gasteiger partial charge < -0.3 is 14.9 Å². The molecule has 1 aromatic heterocycles. The van der Waals surface area contributed by atoms with Gasteiger partial charge in [0.25, 0.3) is 0 Å². The van der Waals surface area contributed by atoms with Gasteiger partial charge in [-0.25, -0.2) is 0 Å². The summed E-state index contributed by atoms with van der Waals surface area (Å²) in [7, 11) is 0. The second-order valence-corrected chi connectivity index (χ2v) is 5.83. The standard InChI is InChI=1S/C15H24N2O2/c16-12-15(6-2-8-18-10-7-15)17(13-4-5-13)11-14-3-1-9-19-14/h1,3,9,13H,2,4-8,10-12,16H2. The van der Waals surface area contributed by atoms with Gasteiger partial charge in [-0.2, -0.15) is 0 Å². The summed E-state index contributed by atoms with van der Waals surface area (Å²) in [6.07, 6.45) is 7.64. The lowest BCUT2D eigenvalue weighted by Crippen LogP contribution is -2.54. The van der Waals surface area contributed by atoms with Crippen molar-refractivity contribution in [3.8, 4) is 0 Å². The van der Waals surface area contributed by atoms with Crippen LogP contribution in [0.4, 0.5) is 0 Å². The van der Waals surface area contributed by atoms with Crippen molar-refractivity contribution >= 4 is 0 Å². The molecule has 106 valence electrons. The summed E-state index contributed by atoms with van der Waals surface area (Å²) in [5.74, 6) is 1.05. The summed E-state index contributed by atoms with van der Waals surface area (Å²) in [5, 5.41) is 0. The average molecular weight is 264 g/mol. The highest BCUT2D eigenvalue weighted by Crippen LogP contribution is 2.38. The summed E-state index contributed by atoms with van der Waals surface area (Å²) in [6, 6.07) is 4.71. The molecule has 4 nitrogen and oxygen atoms in total. The number of nitrogens with zero attached hydrogens (tertiary/aromatic N) is 1. The molecule has 2 fully saturated rings. The number of hydrogen-bond acceptors (Lipinski definition) is 4. The Morgan fingerprint density at radius 1 is 1.32 bits per heavy atom. The largest absolute Gasteiger partial charge is 0.468 e. The highest BCUT2D eigenvalue weighted by molar-refractivity contribution is 5.05. The maximum absolute atomic E-state index is 6.18. The highest BCUT2D eigenvalue weighted by atomic mass is 16.5. The van der Waals surface area contributed by atoms with E-state index in [4.69, 9.17) is 14.9 Å². The van der Waals surface area contributed by atoms with Gasteiger partial charge >= 0.3 is 0 Å². The second-order valence-electron chi connectivity index (χ2n) is 5.83. The summed E-state index contributed by atoms with van der Waals surface area (Å²) >= 11 is 0. The lowest BCUT2D eigenvalue weighted by Gasteiger charge is -2.43. The van der Waals surface area contributed by atoms with E-state index in [1.165, 1.54) is 12.8 Å². The molecule has 0 spiro atoms. The van der Waals surface area contributed by atoms with E-state index in [0.717, 1.165) is 44.8 Å². The molecule has 4 heteroatoms. The van der Waals surface area contributed by atoms with Gasteiger partial charge in [0.2, 0.25) is 0 Å². The van der Waals surface area contributed by atoms with E-state index in [1.54, 1.807) is 6.26 Å². The number of rotatable bonds is 5. The molecule has 0 bridgehead atoms.